The van der Waals surface area contributed by atoms with Gasteiger partial charge in [0.25, 0.3) is 11.5 Å². The number of anilines is 1. The summed E-state index contributed by atoms with van der Waals surface area (Å²) in [5.41, 5.74) is 1.29. The molecule has 9 nitrogen and oxygen atoms in total. The maximum Gasteiger partial charge on any atom is 0.322 e. The highest BCUT2D eigenvalue weighted by Gasteiger charge is 2.21. The van der Waals surface area contributed by atoms with Crippen LogP contribution in [0.4, 0.5) is 14.5 Å². The zero-order valence-electron chi connectivity index (χ0n) is 21.9. The summed E-state index contributed by atoms with van der Waals surface area (Å²) >= 11 is 0. The normalized spacial score (nSPS) is 10.9. The number of carbonyl (C=O) groups is 1. The fraction of sp³-hybridized carbons (Fsp3) is 0.0323. The molecule has 0 unspecified atom stereocenters. The van der Waals surface area contributed by atoms with Crippen LogP contribution in [-0.2, 0) is 0 Å². The Morgan fingerprint density at radius 3 is 2.48 bits per heavy atom. The first kappa shape index (κ1) is 26.4. The van der Waals surface area contributed by atoms with Crippen LogP contribution in [0, 0.1) is 11.6 Å². The topological polar surface area (TPSA) is 108 Å². The molecule has 3 aromatic heterocycles. The van der Waals surface area contributed by atoms with Gasteiger partial charge in [0.05, 0.1) is 7.11 Å². The van der Waals surface area contributed by atoms with E-state index >= 15 is 4.39 Å². The van der Waals surface area contributed by atoms with Gasteiger partial charge in [-0.3, -0.25) is 14.2 Å². The minimum absolute atomic E-state index is 0.00534. The Balaban J connectivity index is 1.28. The van der Waals surface area contributed by atoms with Gasteiger partial charge in [-0.15, -0.1) is 0 Å². The molecule has 3 heterocycles. The van der Waals surface area contributed by atoms with Gasteiger partial charge in [0, 0.05) is 29.2 Å². The summed E-state index contributed by atoms with van der Waals surface area (Å²) in [4.78, 5) is 34.4. The molecule has 0 aliphatic carbocycles. The predicted molar refractivity (Wildman–Crippen MR) is 150 cm³/mol. The van der Waals surface area contributed by atoms with Crippen LogP contribution in [0.2, 0.25) is 0 Å². The van der Waals surface area contributed by atoms with Crippen LogP contribution in [0.25, 0.3) is 27.9 Å². The molecule has 0 aliphatic rings. The Kier molecular flexibility index (Phi) is 6.89. The van der Waals surface area contributed by atoms with E-state index in [2.05, 4.69) is 15.3 Å². The smallest absolute Gasteiger partial charge is 0.322 e. The lowest BCUT2D eigenvalue weighted by molar-refractivity contribution is 0.102. The first-order chi connectivity index (χ1) is 20.4. The highest BCUT2D eigenvalue weighted by molar-refractivity contribution is 6.04. The zero-order chi connectivity index (χ0) is 29.2. The molecule has 42 heavy (non-hydrogen) atoms. The highest BCUT2D eigenvalue weighted by Crippen LogP contribution is 2.38. The maximum absolute atomic E-state index is 15.2. The third-order valence-electron chi connectivity index (χ3n) is 6.34. The number of rotatable bonds is 7. The number of pyridine rings is 1. The number of nitrogens with one attached hydrogen (secondary N) is 1. The molecule has 0 radical (unpaired) electrons. The number of carbonyl (C=O) groups excluding carboxylic acids is 1. The minimum Gasteiger partial charge on any atom is -0.467 e. The zero-order valence-corrected chi connectivity index (χ0v) is 21.9. The van der Waals surface area contributed by atoms with Gasteiger partial charge in [-0.1, -0.05) is 30.3 Å². The van der Waals surface area contributed by atoms with Crippen LogP contribution >= 0.6 is 0 Å². The number of halogens is 2. The van der Waals surface area contributed by atoms with Crippen LogP contribution in [0.15, 0.2) is 107 Å². The standard InChI is InChI=1S/C31H20F2N4O5/c1-40-31-35-28-26(23(17-41-28)18-6-3-2-4-7-18)29(36-31)42-25-14-11-20(16-24(25)33)34-27(38)22-8-5-15-37(30(22)39)21-12-9-19(32)10-13-21/h2-17H,1H3,(H,34,38). The Morgan fingerprint density at radius 2 is 1.74 bits per heavy atom. The van der Waals surface area contributed by atoms with Gasteiger partial charge >= 0.3 is 6.01 Å². The van der Waals surface area contributed by atoms with Crippen molar-refractivity contribution >= 4 is 22.7 Å². The number of aromatic nitrogens is 3. The second-order valence-corrected chi connectivity index (χ2v) is 8.99. The number of hydrogen-bond donors (Lipinski definition) is 1. The summed E-state index contributed by atoms with van der Waals surface area (Å²) in [5.74, 6) is -2.20. The highest BCUT2D eigenvalue weighted by atomic mass is 19.1. The molecule has 11 heteroatoms. The number of furan rings is 1. The van der Waals surface area contributed by atoms with Crippen molar-refractivity contribution in [1.29, 1.82) is 0 Å². The first-order valence-corrected chi connectivity index (χ1v) is 12.6. The van der Waals surface area contributed by atoms with Crippen LogP contribution in [0.1, 0.15) is 10.4 Å². The molecule has 3 aromatic carbocycles. The lowest BCUT2D eigenvalue weighted by Crippen LogP contribution is -2.27. The Morgan fingerprint density at radius 1 is 0.952 bits per heavy atom. The Bertz CT molecular complexity index is 1990. The molecule has 0 aliphatic heterocycles. The molecule has 0 atom stereocenters. The number of ether oxygens (including phenoxy) is 2. The Hall–Kier alpha value is -5.84. The number of benzene rings is 3. The Labute approximate surface area is 236 Å². The average Bonchev–Trinajstić information content (AvgIpc) is 3.44. The van der Waals surface area contributed by atoms with Crippen molar-refractivity contribution in [1.82, 2.24) is 14.5 Å². The molecular formula is C31H20F2N4O5. The van der Waals surface area contributed by atoms with Crippen molar-refractivity contribution in [2.75, 3.05) is 12.4 Å². The molecule has 6 rings (SSSR count). The monoisotopic (exact) mass is 566 g/mol. The number of fused-ring (bicyclic) bond motifs is 1. The van der Waals surface area contributed by atoms with Crippen LogP contribution in [0.5, 0.6) is 17.6 Å². The molecule has 208 valence electrons. The van der Waals surface area contributed by atoms with Gasteiger partial charge < -0.3 is 19.2 Å². The van der Waals surface area contributed by atoms with Crippen molar-refractivity contribution in [3.8, 4) is 34.5 Å². The van der Waals surface area contributed by atoms with E-state index in [1.165, 1.54) is 72.7 Å². The molecule has 0 fully saturated rings. The van der Waals surface area contributed by atoms with E-state index in [9.17, 15) is 14.0 Å². The van der Waals surface area contributed by atoms with Crippen molar-refractivity contribution in [3.05, 3.63) is 125 Å². The van der Waals surface area contributed by atoms with E-state index in [1.807, 2.05) is 30.3 Å². The van der Waals surface area contributed by atoms with Gasteiger partial charge in [0.2, 0.25) is 11.6 Å². The van der Waals surface area contributed by atoms with E-state index in [0.29, 0.717) is 16.6 Å². The predicted octanol–water partition coefficient (Wildman–Crippen LogP) is 6.37. The molecule has 1 N–H and O–H groups in total. The van der Waals surface area contributed by atoms with E-state index in [0.717, 1.165) is 11.6 Å². The van der Waals surface area contributed by atoms with Crippen LogP contribution in [-0.4, -0.2) is 27.6 Å². The fourth-order valence-corrected chi connectivity index (χ4v) is 4.32. The van der Waals surface area contributed by atoms with Crippen molar-refractivity contribution < 1.29 is 27.5 Å². The van der Waals surface area contributed by atoms with Crippen molar-refractivity contribution in [2.24, 2.45) is 0 Å². The second kappa shape index (κ2) is 11.0. The summed E-state index contributed by atoms with van der Waals surface area (Å²) in [5, 5.41) is 2.94. The molecule has 0 bridgehead atoms. The van der Waals surface area contributed by atoms with Gasteiger partial charge in [-0.05, 0) is 54.1 Å². The summed E-state index contributed by atoms with van der Waals surface area (Å²) in [6.45, 7) is 0. The molecule has 6 aromatic rings. The first-order valence-electron chi connectivity index (χ1n) is 12.6. The van der Waals surface area contributed by atoms with Crippen molar-refractivity contribution in [2.45, 2.75) is 0 Å². The quantitative estimate of drug-likeness (QED) is 0.239. The van der Waals surface area contributed by atoms with Gasteiger partial charge in [-0.25, -0.2) is 8.78 Å². The number of methoxy groups -OCH3 is 1. The molecule has 1 amide bonds. The minimum atomic E-state index is -0.805. The number of nitrogens with zero attached hydrogens (tertiary/aromatic N) is 3. The van der Waals surface area contributed by atoms with Crippen molar-refractivity contribution in [3.63, 3.8) is 0 Å². The summed E-state index contributed by atoms with van der Waals surface area (Å²) in [6.07, 6.45) is 2.96. The summed E-state index contributed by atoms with van der Waals surface area (Å²) < 4.78 is 46.4. The van der Waals surface area contributed by atoms with E-state index < -0.39 is 23.1 Å². The molecule has 0 saturated carbocycles. The van der Waals surface area contributed by atoms with E-state index in [-0.39, 0.29) is 34.6 Å². The third-order valence-corrected chi connectivity index (χ3v) is 6.34. The van der Waals surface area contributed by atoms with Crippen LogP contribution in [0.3, 0.4) is 0 Å². The summed E-state index contributed by atoms with van der Waals surface area (Å²) in [6, 6.07) is 21.2. The largest absolute Gasteiger partial charge is 0.467 e. The molecule has 0 spiro atoms. The third kappa shape index (κ3) is 5.06. The lowest BCUT2D eigenvalue weighted by atomic mass is 10.1. The SMILES string of the molecule is COc1nc(Oc2ccc(NC(=O)c3cccn(-c4ccc(F)cc4)c3=O)cc2F)c2c(-c3ccccc3)coc2n1. The molecular weight excluding hydrogens is 546 g/mol. The van der Waals surface area contributed by atoms with Crippen LogP contribution < -0.4 is 20.3 Å². The summed E-state index contributed by atoms with van der Waals surface area (Å²) in [7, 11) is 1.38. The van der Waals surface area contributed by atoms with Gasteiger partial charge in [0.1, 0.15) is 23.0 Å². The van der Waals surface area contributed by atoms with Gasteiger partial charge in [-0.2, -0.15) is 9.97 Å². The number of amides is 1. The van der Waals surface area contributed by atoms with E-state index in [1.54, 1.807) is 0 Å². The number of hydrogen-bond acceptors (Lipinski definition) is 7. The lowest BCUT2D eigenvalue weighted by Gasteiger charge is -2.11. The average molecular weight is 567 g/mol. The van der Waals surface area contributed by atoms with Gasteiger partial charge in [0.15, 0.2) is 11.6 Å². The molecule has 0 saturated heterocycles. The maximum atomic E-state index is 15.2. The second-order valence-electron chi connectivity index (χ2n) is 8.99. The van der Waals surface area contributed by atoms with E-state index in [4.69, 9.17) is 13.9 Å². The fourth-order valence-electron chi connectivity index (χ4n) is 4.32.